The van der Waals surface area contributed by atoms with Gasteiger partial charge in [-0.1, -0.05) is 0 Å². The first-order valence-corrected chi connectivity index (χ1v) is 4.22. The van der Waals surface area contributed by atoms with Crippen LogP contribution in [0.2, 0.25) is 0 Å². The zero-order valence-electron chi connectivity index (χ0n) is 7.34. The van der Waals surface area contributed by atoms with Gasteiger partial charge in [0.2, 0.25) is 0 Å². The van der Waals surface area contributed by atoms with E-state index in [0.717, 1.165) is 25.9 Å². The molecule has 12 heavy (non-hydrogen) atoms. The van der Waals surface area contributed by atoms with Crippen LogP contribution in [-0.4, -0.2) is 38.9 Å². The van der Waals surface area contributed by atoms with Crippen LogP contribution in [0.15, 0.2) is 0 Å². The number of methoxy groups -OCH3 is 1. The SMILES string of the molecule is COCC(=O)OC1CCNCC1. The summed E-state index contributed by atoms with van der Waals surface area (Å²) < 4.78 is 9.78. The van der Waals surface area contributed by atoms with E-state index in [-0.39, 0.29) is 18.7 Å². The molecule has 1 saturated heterocycles. The summed E-state index contributed by atoms with van der Waals surface area (Å²) in [4.78, 5) is 10.9. The van der Waals surface area contributed by atoms with Crippen LogP contribution < -0.4 is 5.32 Å². The molecule has 1 aliphatic rings. The Bertz CT molecular complexity index is 143. The van der Waals surface area contributed by atoms with Gasteiger partial charge in [-0.2, -0.15) is 0 Å². The average Bonchev–Trinajstić information content (AvgIpc) is 2.06. The van der Waals surface area contributed by atoms with Crippen LogP contribution in [-0.2, 0) is 14.3 Å². The third kappa shape index (κ3) is 3.19. The monoisotopic (exact) mass is 173 g/mol. The van der Waals surface area contributed by atoms with E-state index in [1.54, 1.807) is 0 Å². The minimum atomic E-state index is -0.260. The number of piperidine rings is 1. The van der Waals surface area contributed by atoms with Crippen molar-refractivity contribution in [2.24, 2.45) is 0 Å². The number of hydrogen-bond acceptors (Lipinski definition) is 4. The highest BCUT2D eigenvalue weighted by Gasteiger charge is 2.16. The minimum Gasteiger partial charge on any atom is -0.461 e. The molecule has 0 aromatic heterocycles. The predicted octanol–water partition coefficient (Wildman–Crippen LogP) is -0.0720. The van der Waals surface area contributed by atoms with Crippen LogP contribution >= 0.6 is 0 Å². The Labute approximate surface area is 72.2 Å². The third-order valence-electron chi connectivity index (χ3n) is 1.85. The van der Waals surface area contributed by atoms with Gasteiger partial charge in [-0.05, 0) is 25.9 Å². The van der Waals surface area contributed by atoms with Crippen LogP contribution in [0.1, 0.15) is 12.8 Å². The van der Waals surface area contributed by atoms with E-state index in [4.69, 9.17) is 4.74 Å². The van der Waals surface area contributed by atoms with E-state index in [0.29, 0.717) is 0 Å². The summed E-state index contributed by atoms with van der Waals surface area (Å²) in [6, 6.07) is 0. The van der Waals surface area contributed by atoms with Gasteiger partial charge in [-0.15, -0.1) is 0 Å². The fourth-order valence-corrected chi connectivity index (χ4v) is 1.25. The second-order valence-electron chi connectivity index (χ2n) is 2.87. The highest BCUT2D eigenvalue weighted by atomic mass is 16.6. The summed E-state index contributed by atoms with van der Waals surface area (Å²) in [5, 5.41) is 3.20. The lowest BCUT2D eigenvalue weighted by molar-refractivity contribution is -0.154. The Balaban J connectivity index is 2.15. The van der Waals surface area contributed by atoms with Crippen molar-refractivity contribution in [3.63, 3.8) is 0 Å². The maximum atomic E-state index is 10.9. The van der Waals surface area contributed by atoms with Crippen LogP contribution in [0, 0.1) is 0 Å². The van der Waals surface area contributed by atoms with Crippen molar-refractivity contribution in [2.75, 3.05) is 26.8 Å². The van der Waals surface area contributed by atoms with Gasteiger partial charge in [0, 0.05) is 7.11 Å². The molecule has 4 nitrogen and oxygen atoms in total. The fraction of sp³-hybridized carbons (Fsp3) is 0.875. The van der Waals surface area contributed by atoms with Gasteiger partial charge in [0.05, 0.1) is 0 Å². The van der Waals surface area contributed by atoms with Crippen LogP contribution in [0.25, 0.3) is 0 Å². The molecule has 0 radical (unpaired) electrons. The molecule has 0 amide bonds. The Morgan fingerprint density at radius 1 is 1.50 bits per heavy atom. The summed E-state index contributed by atoms with van der Waals surface area (Å²) in [5.41, 5.74) is 0. The first kappa shape index (κ1) is 9.48. The molecule has 1 aliphatic heterocycles. The predicted molar refractivity (Wildman–Crippen MR) is 43.9 cm³/mol. The molecule has 0 bridgehead atoms. The normalized spacial score (nSPS) is 19.1. The zero-order valence-corrected chi connectivity index (χ0v) is 7.34. The van der Waals surface area contributed by atoms with E-state index in [2.05, 4.69) is 10.1 Å². The first-order chi connectivity index (χ1) is 5.83. The number of rotatable bonds is 3. The molecule has 1 rings (SSSR count). The Kier molecular flexibility index (Phi) is 4.04. The molecule has 0 atom stereocenters. The summed E-state index contributed by atoms with van der Waals surface area (Å²) in [5.74, 6) is -0.260. The molecule has 4 heteroatoms. The number of carbonyl (C=O) groups excluding carboxylic acids is 1. The summed E-state index contributed by atoms with van der Waals surface area (Å²) in [6.07, 6.45) is 1.92. The highest BCUT2D eigenvalue weighted by Crippen LogP contribution is 2.06. The quantitative estimate of drug-likeness (QED) is 0.607. The van der Waals surface area contributed by atoms with Crippen LogP contribution in [0.4, 0.5) is 0 Å². The first-order valence-electron chi connectivity index (χ1n) is 4.22. The standard InChI is InChI=1S/C8H15NO3/c1-11-6-8(10)12-7-2-4-9-5-3-7/h7,9H,2-6H2,1H3. The molecule has 1 fully saturated rings. The largest absolute Gasteiger partial charge is 0.461 e. The molecular formula is C8H15NO3. The molecule has 0 unspecified atom stereocenters. The van der Waals surface area contributed by atoms with Gasteiger partial charge >= 0.3 is 5.97 Å². The van der Waals surface area contributed by atoms with Crippen molar-refractivity contribution in [3.05, 3.63) is 0 Å². The summed E-state index contributed by atoms with van der Waals surface area (Å²) in [7, 11) is 1.49. The van der Waals surface area contributed by atoms with Crippen molar-refractivity contribution in [1.29, 1.82) is 0 Å². The maximum absolute atomic E-state index is 10.9. The van der Waals surface area contributed by atoms with E-state index in [1.165, 1.54) is 7.11 Å². The van der Waals surface area contributed by atoms with Crippen molar-refractivity contribution >= 4 is 5.97 Å². The van der Waals surface area contributed by atoms with E-state index in [9.17, 15) is 4.79 Å². The third-order valence-corrected chi connectivity index (χ3v) is 1.85. The molecule has 0 aliphatic carbocycles. The van der Waals surface area contributed by atoms with Gasteiger partial charge in [0.15, 0.2) is 0 Å². The lowest BCUT2D eigenvalue weighted by Crippen LogP contribution is -2.34. The number of nitrogens with one attached hydrogen (secondary N) is 1. The Morgan fingerprint density at radius 3 is 2.75 bits per heavy atom. The van der Waals surface area contributed by atoms with E-state index >= 15 is 0 Å². The van der Waals surface area contributed by atoms with E-state index < -0.39 is 0 Å². The number of carbonyl (C=O) groups is 1. The maximum Gasteiger partial charge on any atom is 0.332 e. The smallest absolute Gasteiger partial charge is 0.332 e. The lowest BCUT2D eigenvalue weighted by atomic mass is 10.1. The summed E-state index contributed by atoms with van der Waals surface area (Å²) >= 11 is 0. The van der Waals surface area contributed by atoms with Crippen molar-refractivity contribution in [1.82, 2.24) is 5.32 Å². The van der Waals surface area contributed by atoms with Gasteiger partial charge in [-0.3, -0.25) is 0 Å². The molecule has 70 valence electrons. The minimum absolute atomic E-state index is 0.0595. The second kappa shape index (κ2) is 5.11. The van der Waals surface area contributed by atoms with Gasteiger partial charge in [0.1, 0.15) is 12.7 Å². The molecule has 1 heterocycles. The van der Waals surface area contributed by atoms with Gasteiger partial charge < -0.3 is 14.8 Å². The Hall–Kier alpha value is -0.610. The Morgan fingerprint density at radius 2 is 2.17 bits per heavy atom. The number of esters is 1. The molecule has 0 saturated carbocycles. The van der Waals surface area contributed by atoms with Gasteiger partial charge in [0.25, 0.3) is 0 Å². The van der Waals surface area contributed by atoms with Crippen molar-refractivity contribution in [2.45, 2.75) is 18.9 Å². The van der Waals surface area contributed by atoms with Crippen LogP contribution in [0.3, 0.4) is 0 Å². The highest BCUT2D eigenvalue weighted by molar-refractivity contribution is 5.70. The molecule has 0 spiro atoms. The average molecular weight is 173 g/mol. The zero-order chi connectivity index (χ0) is 8.81. The number of ether oxygens (including phenoxy) is 2. The molecule has 1 N–H and O–H groups in total. The topological polar surface area (TPSA) is 47.6 Å². The van der Waals surface area contributed by atoms with Crippen molar-refractivity contribution in [3.8, 4) is 0 Å². The fourth-order valence-electron chi connectivity index (χ4n) is 1.25. The molecule has 0 aromatic rings. The summed E-state index contributed by atoms with van der Waals surface area (Å²) in [6.45, 7) is 1.93. The van der Waals surface area contributed by atoms with Crippen LogP contribution in [0.5, 0.6) is 0 Å². The number of hydrogen-bond donors (Lipinski definition) is 1. The lowest BCUT2D eigenvalue weighted by Gasteiger charge is -2.22. The molecular weight excluding hydrogens is 158 g/mol. The van der Waals surface area contributed by atoms with Gasteiger partial charge in [-0.25, -0.2) is 4.79 Å². The second-order valence-corrected chi connectivity index (χ2v) is 2.87. The molecule has 0 aromatic carbocycles. The van der Waals surface area contributed by atoms with E-state index in [1.807, 2.05) is 0 Å². The van der Waals surface area contributed by atoms with Crippen molar-refractivity contribution < 1.29 is 14.3 Å².